The largest absolute Gasteiger partial charge is 0.491 e. The Morgan fingerprint density at radius 3 is 2.29 bits per heavy atom. The van der Waals surface area contributed by atoms with Crippen LogP contribution in [0.4, 0.5) is 19.3 Å². The molecule has 1 aliphatic heterocycles. The third-order valence-corrected chi connectivity index (χ3v) is 4.39. The van der Waals surface area contributed by atoms with Crippen molar-refractivity contribution in [3.05, 3.63) is 23.8 Å². The van der Waals surface area contributed by atoms with Crippen molar-refractivity contribution in [2.24, 2.45) is 0 Å². The van der Waals surface area contributed by atoms with E-state index in [2.05, 4.69) is 10.1 Å². The van der Waals surface area contributed by atoms with E-state index >= 15 is 0 Å². The minimum absolute atomic E-state index is 0.0781. The van der Waals surface area contributed by atoms with E-state index in [1.165, 1.54) is 7.11 Å². The van der Waals surface area contributed by atoms with Gasteiger partial charge in [0, 0.05) is 41.4 Å². The zero-order valence-electron chi connectivity index (χ0n) is 12.2. The molecule has 0 bridgehead atoms. The molecule has 0 saturated carbocycles. The van der Waals surface area contributed by atoms with Crippen LogP contribution in [0.1, 0.15) is 13.8 Å². The van der Waals surface area contributed by atoms with E-state index in [1.54, 1.807) is 4.90 Å². The number of urea groups is 1. The first-order chi connectivity index (χ1) is 9.90. The van der Waals surface area contributed by atoms with E-state index in [9.17, 15) is 13.6 Å². The molecule has 0 radical (unpaired) electrons. The summed E-state index contributed by atoms with van der Waals surface area (Å²) in [4.78, 5) is 13.8. The summed E-state index contributed by atoms with van der Waals surface area (Å²) in [5.41, 5.74) is 0.0781. The number of amides is 2. The Labute approximate surface area is 126 Å². The summed E-state index contributed by atoms with van der Waals surface area (Å²) in [7, 11) is 1.19. The van der Waals surface area contributed by atoms with Gasteiger partial charge in [0.05, 0.1) is 7.11 Å². The van der Waals surface area contributed by atoms with Crippen LogP contribution in [0.25, 0.3) is 0 Å². The molecule has 2 amide bonds. The lowest BCUT2D eigenvalue weighted by Gasteiger charge is -2.34. The van der Waals surface area contributed by atoms with E-state index in [0.29, 0.717) is 23.6 Å². The number of hydrogen-bond acceptors (Lipinski definition) is 3. The van der Waals surface area contributed by atoms with Gasteiger partial charge in [-0.05, 0) is 0 Å². The number of rotatable bonds is 2. The molecule has 4 nitrogen and oxygen atoms in total. The van der Waals surface area contributed by atoms with Gasteiger partial charge >= 0.3 is 6.03 Å². The molecule has 0 unspecified atom stereocenters. The van der Waals surface area contributed by atoms with Crippen LogP contribution >= 0.6 is 11.8 Å². The average Bonchev–Trinajstić information content (AvgIpc) is 2.37. The van der Waals surface area contributed by atoms with Gasteiger partial charge in [-0.25, -0.2) is 13.6 Å². The van der Waals surface area contributed by atoms with Crippen LogP contribution < -0.4 is 10.1 Å². The number of methoxy groups -OCH3 is 1. The fraction of sp³-hybridized carbons (Fsp3) is 0.500. The smallest absolute Gasteiger partial charge is 0.321 e. The molecule has 2 atom stereocenters. The Balaban J connectivity index is 2.09. The number of nitrogens with one attached hydrogen (secondary N) is 1. The average molecular weight is 316 g/mol. The maximum Gasteiger partial charge on any atom is 0.321 e. The van der Waals surface area contributed by atoms with Gasteiger partial charge in [-0.1, -0.05) is 13.8 Å². The van der Waals surface area contributed by atoms with Gasteiger partial charge in [-0.3, -0.25) is 0 Å². The van der Waals surface area contributed by atoms with E-state index in [-0.39, 0.29) is 11.7 Å². The van der Waals surface area contributed by atoms with Crippen molar-refractivity contribution >= 4 is 23.5 Å². The molecule has 0 aromatic heterocycles. The molecule has 1 heterocycles. The molecular formula is C14H18F2N2O2S. The normalized spacial score (nSPS) is 22.0. The predicted molar refractivity (Wildman–Crippen MR) is 80.0 cm³/mol. The van der Waals surface area contributed by atoms with Crippen LogP contribution in [0.5, 0.6) is 5.75 Å². The fourth-order valence-corrected chi connectivity index (χ4v) is 3.70. The summed E-state index contributed by atoms with van der Waals surface area (Å²) >= 11 is 1.82. The molecule has 2 rings (SSSR count). The second-order valence-corrected chi connectivity index (χ2v) is 6.95. The van der Waals surface area contributed by atoms with E-state index in [0.717, 1.165) is 12.1 Å². The monoisotopic (exact) mass is 316 g/mol. The van der Waals surface area contributed by atoms with Gasteiger partial charge in [-0.15, -0.1) is 0 Å². The zero-order chi connectivity index (χ0) is 15.6. The molecule has 1 aromatic carbocycles. The lowest BCUT2D eigenvalue weighted by Crippen LogP contribution is -2.46. The fourth-order valence-electron chi connectivity index (χ4n) is 2.37. The van der Waals surface area contributed by atoms with Gasteiger partial charge in [0.1, 0.15) is 0 Å². The number of ether oxygens (including phenoxy) is 1. The van der Waals surface area contributed by atoms with Gasteiger partial charge in [-0.2, -0.15) is 11.8 Å². The Kier molecular flexibility index (Phi) is 4.92. The molecular weight excluding hydrogens is 298 g/mol. The first-order valence-corrected chi connectivity index (χ1v) is 7.59. The van der Waals surface area contributed by atoms with Gasteiger partial charge in [0.15, 0.2) is 17.4 Å². The van der Waals surface area contributed by atoms with Gasteiger partial charge in [0.2, 0.25) is 0 Å². The number of carbonyl (C=O) groups excluding carboxylic acids is 1. The number of hydrogen-bond donors (Lipinski definition) is 1. The van der Waals surface area contributed by atoms with Crippen molar-refractivity contribution in [3.8, 4) is 5.75 Å². The summed E-state index contributed by atoms with van der Waals surface area (Å²) in [5.74, 6) is -2.14. The molecule has 0 aliphatic carbocycles. The summed E-state index contributed by atoms with van der Waals surface area (Å²) < 4.78 is 31.8. The Hall–Kier alpha value is -1.50. The van der Waals surface area contributed by atoms with Crippen molar-refractivity contribution < 1.29 is 18.3 Å². The highest BCUT2D eigenvalue weighted by Gasteiger charge is 2.26. The molecule has 1 aliphatic rings. The molecule has 21 heavy (non-hydrogen) atoms. The van der Waals surface area contributed by atoms with Gasteiger partial charge in [0.25, 0.3) is 0 Å². The van der Waals surface area contributed by atoms with Crippen LogP contribution in [0, 0.1) is 11.6 Å². The van der Waals surface area contributed by atoms with Gasteiger partial charge < -0.3 is 15.0 Å². The minimum Gasteiger partial charge on any atom is -0.491 e. The molecule has 1 aromatic rings. The van der Waals surface area contributed by atoms with Crippen molar-refractivity contribution in [2.45, 2.75) is 24.3 Å². The Morgan fingerprint density at radius 2 is 1.81 bits per heavy atom. The Morgan fingerprint density at radius 1 is 1.29 bits per heavy atom. The van der Waals surface area contributed by atoms with Crippen molar-refractivity contribution in [2.75, 3.05) is 25.5 Å². The number of nitrogens with zero attached hydrogens (tertiary/aromatic N) is 1. The third-order valence-electron chi connectivity index (χ3n) is 3.16. The third kappa shape index (κ3) is 3.78. The van der Waals surface area contributed by atoms with Crippen molar-refractivity contribution in [3.63, 3.8) is 0 Å². The highest BCUT2D eigenvalue weighted by Crippen LogP contribution is 2.27. The molecule has 0 spiro atoms. The topological polar surface area (TPSA) is 41.6 Å². The number of carbonyl (C=O) groups is 1. The first kappa shape index (κ1) is 15.9. The summed E-state index contributed by atoms with van der Waals surface area (Å²) in [6.07, 6.45) is 0. The number of benzene rings is 1. The summed E-state index contributed by atoms with van der Waals surface area (Å²) in [5, 5.41) is 3.20. The standard InChI is InChI=1S/C14H18F2N2O2S/c1-8-6-18(7-9(2)21-8)14(19)17-10-4-11(15)13(20-3)12(16)5-10/h4-5,8-9H,6-7H2,1-3H3,(H,17,19)/t8-,9-/m0/s1. The molecule has 116 valence electrons. The Bertz CT molecular complexity index is 509. The zero-order valence-corrected chi connectivity index (χ0v) is 13.0. The second kappa shape index (κ2) is 6.51. The van der Waals surface area contributed by atoms with E-state index < -0.39 is 17.4 Å². The second-order valence-electron chi connectivity index (χ2n) is 5.07. The van der Waals surface area contributed by atoms with E-state index in [4.69, 9.17) is 0 Å². The van der Waals surface area contributed by atoms with Crippen molar-refractivity contribution in [1.29, 1.82) is 0 Å². The lowest BCUT2D eigenvalue weighted by atomic mass is 10.2. The minimum atomic E-state index is -0.844. The molecule has 1 fully saturated rings. The van der Waals surface area contributed by atoms with Crippen LogP contribution in [0.15, 0.2) is 12.1 Å². The highest BCUT2D eigenvalue weighted by atomic mass is 32.2. The van der Waals surface area contributed by atoms with E-state index in [1.807, 2.05) is 25.6 Å². The molecule has 7 heteroatoms. The first-order valence-electron chi connectivity index (χ1n) is 6.65. The number of anilines is 1. The molecule has 1 saturated heterocycles. The SMILES string of the molecule is COc1c(F)cc(NC(=O)N2C[C@H](C)S[C@@H](C)C2)cc1F. The van der Waals surface area contributed by atoms with Crippen molar-refractivity contribution in [1.82, 2.24) is 4.90 Å². The van der Waals surface area contributed by atoms with Crippen LogP contribution in [0.2, 0.25) is 0 Å². The number of thioether (sulfide) groups is 1. The summed E-state index contributed by atoms with van der Waals surface area (Å²) in [6, 6.07) is 1.74. The van der Waals surface area contributed by atoms with Crippen LogP contribution in [-0.2, 0) is 0 Å². The lowest BCUT2D eigenvalue weighted by molar-refractivity contribution is 0.211. The quantitative estimate of drug-likeness (QED) is 0.910. The maximum absolute atomic E-state index is 13.6. The summed E-state index contributed by atoms with van der Waals surface area (Å²) in [6.45, 7) is 5.32. The molecule has 1 N–H and O–H groups in total. The predicted octanol–water partition coefficient (Wildman–Crippen LogP) is 3.33. The maximum atomic E-state index is 13.6. The van der Waals surface area contributed by atoms with Crippen LogP contribution in [0.3, 0.4) is 0 Å². The number of halogens is 2. The van der Waals surface area contributed by atoms with Crippen LogP contribution in [-0.4, -0.2) is 41.6 Å². The highest BCUT2D eigenvalue weighted by molar-refractivity contribution is 8.00.